The number of hydrogen-bond acceptors (Lipinski definition) is 4. The van der Waals surface area contributed by atoms with E-state index in [1.54, 1.807) is 6.92 Å². The zero-order valence-corrected chi connectivity index (χ0v) is 15.0. The van der Waals surface area contributed by atoms with Crippen molar-refractivity contribution in [1.82, 2.24) is 0 Å². The second-order valence-electron chi connectivity index (χ2n) is 5.94. The summed E-state index contributed by atoms with van der Waals surface area (Å²) < 4.78 is 65.8. The smallest absolute Gasteiger partial charge is 0.387 e. The summed E-state index contributed by atoms with van der Waals surface area (Å²) in [7, 11) is 0. The Kier molecular flexibility index (Phi) is 6.06. The minimum atomic E-state index is -2.94. The van der Waals surface area contributed by atoms with Crippen LogP contribution in [0.3, 0.4) is 0 Å². The first-order chi connectivity index (χ1) is 13.8. The number of nitrogens with one attached hydrogen (secondary N) is 1. The van der Waals surface area contributed by atoms with E-state index in [1.165, 1.54) is 30.3 Å². The van der Waals surface area contributed by atoms with Gasteiger partial charge >= 0.3 is 6.61 Å². The van der Waals surface area contributed by atoms with Gasteiger partial charge in [0.05, 0.1) is 0 Å². The minimum absolute atomic E-state index is 0.0269. The van der Waals surface area contributed by atoms with Crippen LogP contribution in [-0.4, -0.2) is 12.5 Å². The van der Waals surface area contributed by atoms with E-state index in [4.69, 9.17) is 9.15 Å². The van der Waals surface area contributed by atoms with E-state index >= 15 is 0 Å². The highest BCUT2D eigenvalue weighted by Crippen LogP contribution is 2.24. The van der Waals surface area contributed by atoms with Crippen LogP contribution in [0.4, 0.5) is 23.2 Å². The van der Waals surface area contributed by atoms with Gasteiger partial charge in [0.1, 0.15) is 23.9 Å². The zero-order chi connectivity index (χ0) is 21.0. The molecule has 2 aromatic carbocycles. The molecular weight excluding hydrogens is 394 g/mol. The molecule has 29 heavy (non-hydrogen) atoms. The highest BCUT2D eigenvalue weighted by molar-refractivity contribution is 6.02. The van der Waals surface area contributed by atoms with Crippen LogP contribution in [0.2, 0.25) is 0 Å². The second kappa shape index (κ2) is 8.68. The van der Waals surface area contributed by atoms with E-state index < -0.39 is 24.2 Å². The molecule has 0 radical (unpaired) electrons. The number of amides is 1. The number of benzene rings is 2. The molecule has 3 aromatic rings. The molecule has 0 aliphatic carbocycles. The molecule has 0 bridgehead atoms. The van der Waals surface area contributed by atoms with E-state index in [9.17, 15) is 22.4 Å². The summed E-state index contributed by atoms with van der Waals surface area (Å²) in [5, 5.41) is 2.59. The largest absolute Gasteiger partial charge is 0.483 e. The summed E-state index contributed by atoms with van der Waals surface area (Å²) in [4.78, 5) is 12.3. The normalized spacial score (nSPS) is 10.8. The molecule has 1 amide bonds. The van der Waals surface area contributed by atoms with E-state index in [0.717, 1.165) is 12.1 Å². The van der Waals surface area contributed by atoms with Gasteiger partial charge in [-0.05, 0) is 55.0 Å². The summed E-state index contributed by atoms with van der Waals surface area (Å²) in [6.07, 6.45) is 0. The van der Waals surface area contributed by atoms with Crippen molar-refractivity contribution < 1.29 is 36.2 Å². The van der Waals surface area contributed by atoms with Gasteiger partial charge < -0.3 is 19.2 Å². The molecule has 0 spiro atoms. The molecule has 0 aliphatic rings. The number of hydrogen-bond donors (Lipinski definition) is 1. The Hall–Kier alpha value is -3.49. The van der Waals surface area contributed by atoms with Gasteiger partial charge in [0.25, 0.3) is 5.91 Å². The van der Waals surface area contributed by atoms with E-state index in [-0.39, 0.29) is 29.6 Å². The molecule has 3 rings (SSSR count). The molecule has 1 N–H and O–H groups in total. The van der Waals surface area contributed by atoms with Gasteiger partial charge in [0.15, 0.2) is 17.3 Å². The maximum atomic E-state index is 13.6. The molecule has 0 fully saturated rings. The maximum Gasteiger partial charge on any atom is 0.387 e. The van der Waals surface area contributed by atoms with Crippen molar-refractivity contribution in [3.63, 3.8) is 0 Å². The molecule has 0 atom stereocenters. The van der Waals surface area contributed by atoms with Crippen molar-refractivity contribution in [3.8, 4) is 11.5 Å². The number of aryl methyl sites for hydroxylation is 1. The monoisotopic (exact) mass is 409 g/mol. The Balaban J connectivity index is 1.62. The Morgan fingerprint density at radius 3 is 2.59 bits per heavy atom. The summed E-state index contributed by atoms with van der Waals surface area (Å²) in [5.74, 6) is -2.13. The molecule has 0 unspecified atom stereocenters. The molecule has 152 valence electrons. The number of furan rings is 1. The Bertz CT molecular complexity index is 1020. The summed E-state index contributed by atoms with van der Waals surface area (Å²) in [6.45, 7) is -1.50. The number of carbonyl (C=O) groups excluding carboxylic acids is 1. The van der Waals surface area contributed by atoms with Crippen molar-refractivity contribution in [1.29, 1.82) is 0 Å². The van der Waals surface area contributed by atoms with Crippen LogP contribution in [-0.2, 0) is 6.61 Å². The van der Waals surface area contributed by atoms with Crippen LogP contribution in [0.1, 0.15) is 21.9 Å². The molecule has 1 aromatic heterocycles. The van der Waals surface area contributed by atoms with Gasteiger partial charge in [-0.1, -0.05) is 0 Å². The maximum absolute atomic E-state index is 13.6. The fourth-order valence-corrected chi connectivity index (χ4v) is 2.46. The van der Waals surface area contributed by atoms with Gasteiger partial charge in [-0.3, -0.25) is 4.79 Å². The first-order valence-corrected chi connectivity index (χ1v) is 8.35. The summed E-state index contributed by atoms with van der Waals surface area (Å²) in [5.41, 5.74) is 0.901. The van der Waals surface area contributed by atoms with Gasteiger partial charge in [-0.2, -0.15) is 8.78 Å². The van der Waals surface area contributed by atoms with Gasteiger partial charge in [0.2, 0.25) is 0 Å². The van der Waals surface area contributed by atoms with E-state index in [0.29, 0.717) is 17.3 Å². The Morgan fingerprint density at radius 1 is 1.10 bits per heavy atom. The number of halogens is 4. The van der Waals surface area contributed by atoms with Crippen molar-refractivity contribution in [2.45, 2.75) is 20.1 Å². The molecule has 0 saturated carbocycles. The standard InChI is InChI=1S/C20H15F4NO4/c1-11-8-13(29-20(23)24)3-5-16(11)25-19(26)18-7-4-14(28-18)10-27-17-6-2-12(21)9-15(17)22/h2-9,20H,10H2,1H3,(H,25,26). The van der Waals surface area contributed by atoms with Crippen molar-refractivity contribution in [2.24, 2.45) is 0 Å². The van der Waals surface area contributed by atoms with Crippen LogP contribution in [0.5, 0.6) is 11.5 Å². The first-order valence-electron chi connectivity index (χ1n) is 8.35. The van der Waals surface area contributed by atoms with Crippen LogP contribution in [0, 0.1) is 18.6 Å². The molecule has 0 saturated heterocycles. The van der Waals surface area contributed by atoms with E-state index in [2.05, 4.69) is 10.1 Å². The quantitative estimate of drug-likeness (QED) is 0.538. The highest BCUT2D eigenvalue weighted by atomic mass is 19.3. The number of alkyl halides is 2. The predicted octanol–water partition coefficient (Wildman–Crippen LogP) is 5.30. The average Bonchev–Trinajstić information content (AvgIpc) is 3.12. The molecule has 9 heteroatoms. The fraction of sp³-hybridized carbons (Fsp3) is 0.150. The molecule has 1 heterocycles. The van der Waals surface area contributed by atoms with Crippen LogP contribution < -0.4 is 14.8 Å². The predicted molar refractivity (Wildman–Crippen MR) is 95.2 cm³/mol. The zero-order valence-electron chi connectivity index (χ0n) is 15.0. The van der Waals surface area contributed by atoms with E-state index in [1.807, 2.05) is 0 Å². The van der Waals surface area contributed by atoms with Gasteiger partial charge in [0, 0.05) is 11.8 Å². The third kappa shape index (κ3) is 5.28. The lowest BCUT2D eigenvalue weighted by atomic mass is 10.2. The number of ether oxygens (including phenoxy) is 2. The van der Waals surface area contributed by atoms with Crippen LogP contribution in [0.25, 0.3) is 0 Å². The molecule has 0 aliphatic heterocycles. The summed E-state index contributed by atoms with van der Waals surface area (Å²) >= 11 is 0. The van der Waals surface area contributed by atoms with Crippen molar-refractivity contribution in [2.75, 3.05) is 5.32 Å². The average molecular weight is 409 g/mol. The third-order valence-electron chi connectivity index (χ3n) is 3.82. The topological polar surface area (TPSA) is 60.7 Å². The highest BCUT2D eigenvalue weighted by Gasteiger charge is 2.14. The Morgan fingerprint density at radius 2 is 1.90 bits per heavy atom. The second-order valence-corrected chi connectivity index (χ2v) is 5.94. The number of anilines is 1. The Labute approximate surface area is 162 Å². The third-order valence-corrected chi connectivity index (χ3v) is 3.82. The lowest BCUT2D eigenvalue weighted by Gasteiger charge is -2.10. The number of rotatable bonds is 7. The fourth-order valence-electron chi connectivity index (χ4n) is 2.46. The van der Waals surface area contributed by atoms with Crippen molar-refractivity contribution in [3.05, 3.63) is 77.2 Å². The SMILES string of the molecule is Cc1cc(OC(F)F)ccc1NC(=O)c1ccc(COc2ccc(F)cc2F)o1. The summed E-state index contributed by atoms with van der Waals surface area (Å²) in [6, 6.07) is 9.85. The number of carbonyl (C=O) groups is 1. The van der Waals surface area contributed by atoms with Crippen LogP contribution in [0.15, 0.2) is 52.9 Å². The lowest BCUT2D eigenvalue weighted by molar-refractivity contribution is -0.0498. The van der Waals surface area contributed by atoms with Gasteiger partial charge in [-0.15, -0.1) is 0 Å². The van der Waals surface area contributed by atoms with Gasteiger partial charge in [-0.25, -0.2) is 8.78 Å². The van der Waals surface area contributed by atoms with Crippen LogP contribution >= 0.6 is 0 Å². The minimum Gasteiger partial charge on any atom is -0.483 e. The molecule has 5 nitrogen and oxygen atoms in total. The first kappa shape index (κ1) is 20.2. The lowest BCUT2D eigenvalue weighted by Crippen LogP contribution is -2.12. The molecular formula is C20H15F4NO4. The van der Waals surface area contributed by atoms with Crippen molar-refractivity contribution >= 4 is 11.6 Å².